The van der Waals surface area contributed by atoms with E-state index in [1.54, 1.807) is 7.11 Å². The van der Waals surface area contributed by atoms with Crippen LogP contribution in [0.5, 0.6) is 5.75 Å². The maximum absolute atomic E-state index is 5.32. The average Bonchev–Trinajstić information content (AvgIpc) is 2.25. The highest BCUT2D eigenvalue weighted by atomic mass is 79.9. The summed E-state index contributed by atoms with van der Waals surface area (Å²) >= 11 is 3.43. The molecule has 0 aliphatic rings. The van der Waals surface area contributed by atoms with Crippen molar-refractivity contribution in [3.05, 3.63) is 28.2 Å². The number of hydrogen-bond acceptors (Lipinski definition) is 3. The Labute approximate surface area is 106 Å². The number of nitrogens with one attached hydrogen (secondary N) is 1. The zero-order valence-electron chi connectivity index (χ0n) is 10.1. The van der Waals surface area contributed by atoms with Gasteiger partial charge in [-0.05, 0) is 26.2 Å². The van der Waals surface area contributed by atoms with Crippen molar-refractivity contribution >= 4 is 15.9 Å². The van der Waals surface area contributed by atoms with Gasteiger partial charge in [-0.15, -0.1) is 0 Å². The molecule has 1 aromatic carbocycles. The molecule has 0 spiro atoms. The number of hydrogen-bond donors (Lipinski definition) is 1. The minimum absolute atomic E-state index is 0.838. The molecule has 0 radical (unpaired) electrons. The smallest absolute Gasteiger partial charge is 0.124 e. The van der Waals surface area contributed by atoms with Gasteiger partial charge < -0.3 is 15.0 Å². The van der Waals surface area contributed by atoms with Gasteiger partial charge in [-0.3, -0.25) is 0 Å². The van der Waals surface area contributed by atoms with Crippen LogP contribution in [-0.4, -0.2) is 39.2 Å². The normalized spacial score (nSPS) is 10.8. The molecule has 0 atom stereocenters. The number of methoxy groups -OCH3 is 1. The van der Waals surface area contributed by atoms with Gasteiger partial charge in [0.25, 0.3) is 0 Å². The van der Waals surface area contributed by atoms with Gasteiger partial charge >= 0.3 is 0 Å². The predicted octanol–water partition coefficient (Wildman–Crippen LogP) is 2.11. The van der Waals surface area contributed by atoms with Gasteiger partial charge in [-0.25, -0.2) is 0 Å². The third kappa shape index (κ3) is 4.51. The molecule has 0 saturated heterocycles. The molecule has 0 heterocycles. The lowest BCUT2D eigenvalue weighted by molar-refractivity contribution is 0.392. The van der Waals surface area contributed by atoms with Crippen LogP contribution in [0.2, 0.25) is 0 Å². The van der Waals surface area contributed by atoms with E-state index in [0.29, 0.717) is 0 Å². The van der Waals surface area contributed by atoms with Gasteiger partial charge in [0.2, 0.25) is 0 Å². The summed E-state index contributed by atoms with van der Waals surface area (Å²) in [7, 11) is 5.84. The second-order valence-electron chi connectivity index (χ2n) is 3.94. The SMILES string of the molecule is COc1cc(Br)ccc1CNCCN(C)C. The van der Waals surface area contributed by atoms with Gasteiger partial charge in [-0.1, -0.05) is 22.0 Å². The highest BCUT2D eigenvalue weighted by Crippen LogP contribution is 2.23. The van der Waals surface area contributed by atoms with E-state index in [-0.39, 0.29) is 0 Å². The maximum atomic E-state index is 5.32. The minimum Gasteiger partial charge on any atom is -0.496 e. The first-order chi connectivity index (χ1) is 7.63. The highest BCUT2D eigenvalue weighted by Gasteiger charge is 2.02. The molecule has 4 heteroatoms. The Morgan fingerprint density at radius 3 is 2.75 bits per heavy atom. The summed E-state index contributed by atoms with van der Waals surface area (Å²) in [4.78, 5) is 2.16. The van der Waals surface area contributed by atoms with Crippen LogP contribution in [0, 0.1) is 0 Å². The third-order valence-corrected chi connectivity index (χ3v) is 2.79. The van der Waals surface area contributed by atoms with Crippen LogP contribution in [0.15, 0.2) is 22.7 Å². The van der Waals surface area contributed by atoms with Crippen molar-refractivity contribution in [1.29, 1.82) is 0 Å². The topological polar surface area (TPSA) is 24.5 Å². The van der Waals surface area contributed by atoms with Crippen molar-refractivity contribution in [3.63, 3.8) is 0 Å². The summed E-state index contributed by atoms with van der Waals surface area (Å²) in [5, 5.41) is 3.39. The number of likely N-dealkylation sites (N-methyl/N-ethyl adjacent to an activating group) is 1. The quantitative estimate of drug-likeness (QED) is 0.811. The first kappa shape index (κ1) is 13.5. The fourth-order valence-corrected chi connectivity index (χ4v) is 1.73. The molecule has 16 heavy (non-hydrogen) atoms. The Balaban J connectivity index is 2.47. The predicted molar refractivity (Wildman–Crippen MR) is 71.0 cm³/mol. The first-order valence-electron chi connectivity index (χ1n) is 5.31. The summed E-state index contributed by atoms with van der Waals surface area (Å²) in [5.74, 6) is 0.923. The van der Waals surface area contributed by atoms with E-state index in [1.807, 2.05) is 12.1 Å². The molecule has 0 unspecified atom stereocenters. The maximum Gasteiger partial charge on any atom is 0.124 e. The molecule has 1 rings (SSSR count). The van der Waals surface area contributed by atoms with Crippen LogP contribution in [0.3, 0.4) is 0 Å². The summed E-state index contributed by atoms with van der Waals surface area (Å²) in [6, 6.07) is 6.10. The highest BCUT2D eigenvalue weighted by molar-refractivity contribution is 9.10. The minimum atomic E-state index is 0.838. The van der Waals surface area contributed by atoms with Crippen molar-refractivity contribution in [2.75, 3.05) is 34.3 Å². The lowest BCUT2D eigenvalue weighted by atomic mass is 10.2. The summed E-state index contributed by atoms with van der Waals surface area (Å²) < 4.78 is 6.37. The summed E-state index contributed by atoms with van der Waals surface area (Å²) in [5.41, 5.74) is 1.18. The molecule has 1 aromatic rings. The van der Waals surface area contributed by atoms with Crippen LogP contribution in [0.1, 0.15) is 5.56 Å². The number of halogens is 1. The molecular formula is C12H19BrN2O. The molecule has 0 saturated carbocycles. The summed E-state index contributed by atoms with van der Waals surface area (Å²) in [6.07, 6.45) is 0. The second-order valence-corrected chi connectivity index (χ2v) is 4.85. The van der Waals surface area contributed by atoms with E-state index in [1.165, 1.54) is 5.56 Å². The van der Waals surface area contributed by atoms with Crippen molar-refractivity contribution < 1.29 is 4.74 Å². The van der Waals surface area contributed by atoms with Crippen molar-refractivity contribution in [2.45, 2.75) is 6.54 Å². The van der Waals surface area contributed by atoms with E-state index >= 15 is 0 Å². The zero-order chi connectivity index (χ0) is 12.0. The molecular weight excluding hydrogens is 268 g/mol. The van der Waals surface area contributed by atoms with Crippen LogP contribution < -0.4 is 10.1 Å². The molecule has 90 valence electrons. The second kappa shape index (κ2) is 6.89. The lowest BCUT2D eigenvalue weighted by Crippen LogP contribution is -2.26. The monoisotopic (exact) mass is 286 g/mol. The van der Waals surface area contributed by atoms with Gasteiger partial charge in [0.05, 0.1) is 7.11 Å². The molecule has 0 aliphatic heterocycles. The van der Waals surface area contributed by atoms with E-state index < -0.39 is 0 Å². The van der Waals surface area contributed by atoms with E-state index in [0.717, 1.165) is 29.9 Å². The Morgan fingerprint density at radius 2 is 2.12 bits per heavy atom. The molecule has 3 nitrogen and oxygen atoms in total. The van der Waals surface area contributed by atoms with Crippen molar-refractivity contribution in [3.8, 4) is 5.75 Å². The molecule has 1 N–H and O–H groups in total. The van der Waals surface area contributed by atoms with Crippen molar-refractivity contribution in [2.24, 2.45) is 0 Å². The van der Waals surface area contributed by atoms with E-state index in [9.17, 15) is 0 Å². The Kier molecular flexibility index (Phi) is 5.80. The third-order valence-electron chi connectivity index (χ3n) is 2.30. The molecule has 0 amide bonds. The Hall–Kier alpha value is -0.580. The standard InChI is InChI=1S/C12H19BrN2O/c1-15(2)7-6-14-9-10-4-5-11(13)8-12(10)16-3/h4-5,8,14H,6-7,9H2,1-3H3. The molecule has 0 fully saturated rings. The first-order valence-corrected chi connectivity index (χ1v) is 6.10. The van der Waals surface area contributed by atoms with Crippen LogP contribution >= 0.6 is 15.9 Å². The fourth-order valence-electron chi connectivity index (χ4n) is 1.39. The van der Waals surface area contributed by atoms with Gasteiger partial charge in [0.15, 0.2) is 0 Å². The lowest BCUT2D eigenvalue weighted by Gasteiger charge is -2.12. The van der Waals surface area contributed by atoms with Gasteiger partial charge in [0, 0.05) is 29.7 Å². The van der Waals surface area contributed by atoms with Gasteiger partial charge in [-0.2, -0.15) is 0 Å². The number of nitrogens with zero attached hydrogens (tertiary/aromatic N) is 1. The van der Waals surface area contributed by atoms with Gasteiger partial charge in [0.1, 0.15) is 5.75 Å². The number of benzene rings is 1. The number of rotatable bonds is 6. The molecule has 0 aliphatic carbocycles. The Morgan fingerprint density at radius 1 is 1.38 bits per heavy atom. The molecule has 0 bridgehead atoms. The Bertz CT molecular complexity index is 329. The summed E-state index contributed by atoms with van der Waals surface area (Å²) in [6.45, 7) is 2.86. The van der Waals surface area contributed by atoms with Crippen LogP contribution in [-0.2, 0) is 6.54 Å². The van der Waals surface area contributed by atoms with E-state index in [2.05, 4.69) is 46.3 Å². The largest absolute Gasteiger partial charge is 0.496 e. The van der Waals surface area contributed by atoms with Crippen LogP contribution in [0.4, 0.5) is 0 Å². The van der Waals surface area contributed by atoms with Crippen LogP contribution in [0.25, 0.3) is 0 Å². The van der Waals surface area contributed by atoms with Crippen molar-refractivity contribution in [1.82, 2.24) is 10.2 Å². The van der Waals surface area contributed by atoms with E-state index in [4.69, 9.17) is 4.74 Å². The zero-order valence-corrected chi connectivity index (χ0v) is 11.7. The average molecular weight is 287 g/mol. The number of ether oxygens (including phenoxy) is 1. The molecule has 0 aromatic heterocycles. The fraction of sp³-hybridized carbons (Fsp3) is 0.500.